The first-order valence-corrected chi connectivity index (χ1v) is 7.46. The molecule has 21 heavy (non-hydrogen) atoms. The van der Waals surface area contributed by atoms with Crippen molar-refractivity contribution in [1.82, 2.24) is 0 Å². The minimum atomic E-state index is -0.0436. The summed E-state index contributed by atoms with van der Waals surface area (Å²) in [6, 6.07) is 14.0. The third-order valence-electron chi connectivity index (χ3n) is 3.94. The van der Waals surface area contributed by atoms with Crippen molar-refractivity contribution >= 4 is 5.69 Å². The molecule has 0 aliphatic heterocycles. The van der Waals surface area contributed by atoms with Gasteiger partial charge in [0.15, 0.2) is 0 Å². The van der Waals surface area contributed by atoms with Gasteiger partial charge in [-0.3, -0.25) is 0 Å². The van der Waals surface area contributed by atoms with Crippen molar-refractivity contribution in [1.29, 1.82) is 0 Å². The average Bonchev–Trinajstić information content (AvgIpc) is 2.37. The Bertz CT molecular complexity index is 626. The zero-order chi connectivity index (χ0) is 15.6. The van der Waals surface area contributed by atoms with Crippen LogP contribution in [0.1, 0.15) is 50.3 Å². The number of rotatable bonds is 3. The van der Waals surface area contributed by atoms with Crippen LogP contribution in [0.3, 0.4) is 0 Å². The van der Waals surface area contributed by atoms with Crippen molar-refractivity contribution in [3.05, 3.63) is 59.2 Å². The zero-order valence-corrected chi connectivity index (χ0v) is 13.4. The number of phenolic OH excluding ortho intramolecular Hbond substituents is 1. The fourth-order valence-corrected chi connectivity index (χ4v) is 2.76. The quantitative estimate of drug-likeness (QED) is 0.807. The number of nitrogens with two attached hydrogens (primary N) is 1. The van der Waals surface area contributed by atoms with E-state index in [9.17, 15) is 5.11 Å². The molecule has 0 aliphatic rings. The van der Waals surface area contributed by atoms with Gasteiger partial charge in [0.2, 0.25) is 0 Å². The van der Waals surface area contributed by atoms with Crippen LogP contribution in [-0.2, 0) is 11.8 Å². The lowest BCUT2D eigenvalue weighted by Gasteiger charge is -2.21. The SMILES string of the molecule is CC(Cc1ccc(C(C)(C)C)c(O)c1)c1ccccc1N. The van der Waals surface area contributed by atoms with Crippen LogP contribution in [0.4, 0.5) is 5.69 Å². The maximum absolute atomic E-state index is 10.2. The van der Waals surface area contributed by atoms with E-state index in [1.54, 1.807) is 0 Å². The van der Waals surface area contributed by atoms with E-state index in [-0.39, 0.29) is 5.41 Å². The van der Waals surface area contributed by atoms with Gasteiger partial charge in [-0.1, -0.05) is 58.0 Å². The number of phenols is 1. The molecule has 2 aromatic carbocycles. The molecule has 2 heteroatoms. The highest BCUT2D eigenvalue weighted by atomic mass is 16.3. The van der Waals surface area contributed by atoms with Crippen LogP contribution in [0, 0.1) is 0 Å². The van der Waals surface area contributed by atoms with Gasteiger partial charge < -0.3 is 10.8 Å². The molecule has 0 heterocycles. The fraction of sp³-hybridized carbons (Fsp3) is 0.368. The number of nitrogen functional groups attached to an aromatic ring is 1. The lowest BCUT2D eigenvalue weighted by molar-refractivity contribution is 0.445. The Morgan fingerprint density at radius 3 is 2.33 bits per heavy atom. The summed E-state index contributed by atoms with van der Waals surface area (Å²) in [5, 5.41) is 10.2. The van der Waals surface area contributed by atoms with Crippen LogP contribution in [0.25, 0.3) is 0 Å². The van der Waals surface area contributed by atoms with E-state index >= 15 is 0 Å². The minimum absolute atomic E-state index is 0.0436. The van der Waals surface area contributed by atoms with Gasteiger partial charge >= 0.3 is 0 Å². The molecule has 3 N–H and O–H groups in total. The minimum Gasteiger partial charge on any atom is -0.508 e. The lowest BCUT2D eigenvalue weighted by atomic mass is 9.84. The zero-order valence-electron chi connectivity index (χ0n) is 13.4. The summed E-state index contributed by atoms with van der Waals surface area (Å²) in [4.78, 5) is 0. The van der Waals surface area contributed by atoms with Crippen molar-refractivity contribution < 1.29 is 5.11 Å². The molecule has 0 radical (unpaired) electrons. The van der Waals surface area contributed by atoms with Gasteiger partial charge in [-0.2, -0.15) is 0 Å². The highest BCUT2D eigenvalue weighted by Gasteiger charge is 2.18. The maximum atomic E-state index is 10.2. The van der Waals surface area contributed by atoms with Crippen LogP contribution >= 0.6 is 0 Å². The first-order valence-electron chi connectivity index (χ1n) is 7.46. The first-order chi connectivity index (χ1) is 9.79. The van der Waals surface area contributed by atoms with Gasteiger partial charge in [0, 0.05) is 5.69 Å². The number of hydrogen-bond donors (Lipinski definition) is 2. The molecule has 0 saturated heterocycles. The van der Waals surface area contributed by atoms with Crippen LogP contribution < -0.4 is 5.73 Å². The van der Waals surface area contributed by atoms with Gasteiger partial charge in [0.25, 0.3) is 0 Å². The monoisotopic (exact) mass is 283 g/mol. The van der Waals surface area contributed by atoms with Gasteiger partial charge in [-0.15, -0.1) is 0 Å². The third kappa shape index (κ3) is 3.57. The Morgan fingerprint density at radius 2 is 1.76 bits per heavy atom. The summed E-state index contributed by atoms with van der Waals surface area (Å²) in [6.45, 7) is 8.49. The Morgan fingerprint density at radius 1 is 1.10 bits per heavy atom. The highest BCUT2D eigenvalue weighted by Crippen LogP contribution is 2.33. The molecule has 112 valence electrons. The molecule has 0 bridgehead atoms. The number of hydrogen-bond acceptors (Lipinski definition) is 2. The number of benzene rings is 2. The van der Waals surface area contributed by atoms with Crippen molar-refractivity contribution in [2.24, 2.45) is 0 Å². The van der Waals surface area contributed by atoms with Crippen LogP contribution in [0.2, 0.25) is 0 Å². The fourth-order valence-electron chi connectivity index (χ4n) is 2.76. The number of anilines is 1. The second-order valence-corrected chi connectivity index (χ2v) is 6.84. The average molecular weight is 283 g/mol. The van der Waals surface area contributed by atoms with Crippen molar-refractivity contribution in [3.8, 4) is 5.75 Å². The molecule has 0 saturated carbocycles. The highest BCUT2D eigenvalue weighted by molar-refractivity contribution is 5.49. The van der Waals surface area contributed by atoms with Gasteiger partial charge in [-0.25, -0.2) is 0 Å². The molecule has 2 rings (SSSR count). The second-order valence-electron chi connectivity index (χ2n) is 6.84. The van der Waals surface area contributed by atoms with E-state index in [1.807, 2.05) is 30.3 Å². The molecule has 2 nitrogen and oxygen atoms in total. The summed E-state index contributed by atoms with van der Waals surface area (Å²) in [5.41, 5.74) is 10.1. The Labute approximate surface area is 127 Å². The Hall–Kier alpha value is -1.96. The molecule has 0 aliphatic carbocycles. The van der Waals surface area contributed by atoms with Crippen LogP contribution in [-0.4, -0.2) is 5.11 Å². The summed E-state index contributed by atoms with van der Waals surface area (Å²) < 4.78 is 0. The van der Waals surface area contributed by atoms with Crippen molar-refractivity contribution in [3.63, 3.8) is 0 Å². The van der Waals surface area contributed by atoms with E-state index in [1.165, 1.54) is 0 Å². The third-order valence-corrected chi connectivity index (χ3v) is 3.94. The normalized spacial score (nSPS) is 13.1. The van der Waals surface area contributed by atoms with Crippen molar-refractivity contribution in [2.75, 3.05) is 5.73 Å². The smallest absolute Gasteiger partial charge is 0.119 e. The molecular formula is C19H25NO. The molecule has 2 aromatic rings. The first kappa shape index (κ1) is 15.4. The molecule has 0 fully saturated rings. The molecule has 1 unspecified atom stereocenters. The molecule has 1 atom stereocenters. The maximum Gasteiger partial charge on any atom is 0.119 e. The topological polar surface area (TPSA) is 46.2 Å². The predicted molar refractivity (Wildman–Crippen MR) is 89.8 cm³/mol. The lowest BCUT2D eigenvalue weighted by Crippen LogP contribution is -2.11. The van der Waals surface area contributed by atoms with Crippen LogP contribution in [0.15, 0.2) is 42.5 Å². The van der Waals surface area contributed by atoms with E-state index < -0.39 is 0 Å². The molecule has 0 spiro atoms. The second kappa shape index (κ2) is 5.80. The van der Waals surface area contributed by atoms with E-state index in [0.717, 1.165) is 28.8 Å². The summed E-state index contributed by atoms with van der Waals surface area (Å²) in [6.07, 6.45) is 0.867. The number of para-hydroxylation sites is 1. The standard InChI is InChI=1S/C19H25NO/c1-13(15-7-5-6-8-17(15)20)11-14-9-10-16(18(21)12-14)19(2,3)4/h5-10,12-13,21H,11,20H2,1-4H3. The van der Waals surface area contributed by atoms with Crippen molar-refractivity contribution in [2.45, 2.75) is 45.4 Å². The van der Waals surface area contributed by atoms with Gasteiger partial charge in [-0.05, 0) is 46.6 Å². The van der Waals surface area contributed by atoms with Gasteiger partial charge in [0.05, 0.1) is 0 Å². The van der Waals surface area contributed by atoms with E-state index in [0.29, 0.717) is 11.7 Å². The Kier molecular flexibility index (Phi) is 4.26. The summed E-state index contributed by atoms with van der Waals surface area (Å²) >= 11 is 0. The number of aromatic hydroxyl groups is 1. The van der Waals surface area contributed by atoms with E-state index in [2.05, 4.69) is 39.8 Å². The predicted octanol–water partition coefficient (Wildman–Crippen LogP) is 4.62. The molecular weight excluding hydrogens is 258 g/mol. The largest absolute Gasteiger partial charge is 0.508 e. The summed E-state index contributed by atoms with van der Waals surface area (Å²) in [5.74, 6) is 0.708. The molecule has 0 aromatic heterocycles. The van der Waals surface area contributed by atoms with Crippen LogP contribution in [0.5, 0.6) is 5.75 Å². The van der Waals surface area contributed by atoms with E-state index in [4.69, 9.17) is 5.73 Å². The summed E-state index contributed by atoms with van der Waals surface area (Å²) in [7, 11) is 0. The molecule has 0 amide bonds. The Balaban J connectivity index is 2.21. The van der Waals surface area contributed by atoms with Gasteiger partial charge in [0.1, 0.15) is 5.75 Å².